The Morgan fingerprint density at radius 3 is 3.00 bits per heavy atom. The molecule has 3 heterocycles. The van der Waals surface area contributed by atoms with Crippen LogP contribution in [0.15, 0.2) is 24.8 Å². The highest BCUT2D eigenvalue weighted by molar-refractivity contribution is 7.84. The zero-order valence-electron chi connectivity index (χ0n) is 17.5. The minimum atomic E-state index is -3.93. The van der Waals surface area contributed by atoms with Crippen molar-refractivity contribution in [3.63, 3.8) is 0 Å². The normalized spacial score (nSPS) is 25.8. The number of carbonyl (C=O) groups excluding carboxylic acids is 1. The van der Waals surface area contributed by atoms with Crippen LogP contribution in [0.25, 0.3) is 0 Å². The summed E-state index contributed by atoms with van der Waals surface area (Å²) >= 11 is 0. The maximum atomic E-state index is 13.1. The van der Waals surface area contributed by atoms with Crippen molar-refractivity contribution < 1.29 is 27.2 Å². The van der Waals surface area contributed by atoms with Crippen LogP contribution in [0.3, 0.4) is 0 Å². The summed E-state index contributed by atoms with van der Waals surface area (Å²) in [7, 11) is -2.70. The average Bonchev–Trinajstić information content (AvgIpc) is 3.51. The Morgan fingerprint density at radius 2 is 2.25 bits per heavy atom. The molecule has 2 aromatic heterocycles. The molecule has 4 rings (SSSR count). The summed E-state index contributed by atoms with van der Waals surface area (Å²) in [5.41, 5.74) is 0.512. The van der Waals surface area contributed by atoms with E-state index in [1.54, 1.807) is 16.9 Å². The quantitative estimate of drug-likeness (QED) is 0.420. The third-order valence-corrected chi connectivity index (χ3v) is 6.61. The lowest BCUT2D eigenvalue weighted by Gasteiger charge is -2.15. The van der Waals surface area contributed by atoms with Crippen LogP contribution in [-0.4, -0.2) is 77.6 Å². The summed E-state index contributed by atoms with van der Waals surface area (Å²) in [6, 6.07) is 1.31. The number of nitrogens with one attached hydrogen (secondary N) is 2. The maximum absolute atomic E-state index is 13.1. The van der Waals surface area contributed by atoms with Gasteiger partial charge < -0.3 is 15.2 Å². The minimum Gasteiger partial charge on any atom is -0.390 e. The number of rotatable bonds is 9. The van der Waals surface area contributed by atoms with E-state index in [0.29, 0.717) is 19.1 Å². The van der Waals surface area contributed by atoms with E-state index >= 15 is 0 Å². The lowest BCUT2D eigenvalue weighted by Crippen LogP contribution is -2.31. The number of hydrogen-bond donors (Lipinski definition) is 3. The molecule has 174 valence electrons. The van der Waals surface area contributed by atoms with E-state index in [-0.39, 0.29) is 41.7 Å². The third-order valence-electron chi connectivity index (χ3n) is 5.61. The number of hydrogen-bond acceptors (Lipinski definition) is 10. The van der Waals surface area contributed by atoms with Gasteiger partial charge in [0.2, 0.25) is 5.78 Å². The SMILES string of the molecule is CNS(=O)(=O)O[C@@H]1C[C@H](Nc2ncncc2C(=O)c2ccn(C[C@H]3CCOC3)n2)C[C@@H]1O. The molecule has 3 N–H and O–H groups in total. The van der Waals surface area contributed by atoms with Crippen LogP contribution in [0.4, 0.5) is 5.82 Å². The molecule has 2 aliphatic rings. The summed E-state index contributed by atoms with van der Waals surface area (Å²) < 4.78 is 37.4. The average molecular weight is 467 g/mol. The van der Waals surface area contributed by atoms with Crippen molar-refractivity contribution in [2.24, 2.45) is 5.92 Å². The van der Waals surface area contributed by atoms with E-state index < -0.39 is 22.5 Å². The molecular weight excluding hydrogens is 440 g/mol. The Hall–Kier alpha value is -2.45. The van der Waals surface area contributed by atoms with Crippen molar-refractivity contribution in [1.29, 1.82) is 0 Å². The van der Waals surface area contributed by atoms with Gasteiger partial charge in [-0.25, -0.2) is 9.97 Å². The molecule has 32 heavy (non-hydrogen) atoms. The predicted octanol–water partition coefficient (Wildman–Crippen LogP) is -0.275. The van der Waals surface area contributed by atoms with E-state index in [1.807, 2.05) is 0 Å². The van der Waals surface area contributed by atoms with Gasteiger partial charge in [-0.3, -0.25) is 13.7 Å². The molecule has 0 unspecified atom stereocenters. The number of nitrogens with zero attached hydrogens (tertiary/aromatic N) is 4. The zero-order chi connectivity index (χ0) is 22.7. The molecule has 0 spiro atoms. The van der Waals surface area contributed by atoms with Crippen molar-refractivity contribution in [3.8, 4) is 0 Å². The van der Waals surface area contributed by atoms with Crippen molar-refractivity contribution in [3.05, 3.63) is 36.0 Å². The number of ketones is 1. The number of aliphatic hydroxyl groups is 1. The fourth-order valence-corrected chi connectivity index (χ4v) is 4.56. The Kier molecular flexibility index (Phi) is 6.81. The van der Waals surface area contributed by atoms with Gasteiger partial charge >= 0.3 is 10.3 Å². The van der Waals surface area contributed by atoms with Gasteiger partial charge in [-0.1, -0.05) is 0 Å². The summed E-state index contributed by atoms with van der Waals surface area (Å²) in [5.74, 6) is 0.336. The van der Waals surface area contributed by atoms with Crippen molar-refractivity contribution in [2.45, 2.75) is 44.1 Å². The Labute approximate surface area is 185 Å². The monoisotopic (exact) mass is 466 g/mol. The summed E-state index contributed by atoms with van der Waals surface area (Å²) in [5, 5.41) is 17.7. The second-order valence-electron chi connectivity index (χ2n) is 7.94. The third kappa shape index (κ3) is 5.30. The second kappa shape index (κ2) is 9.58. The standard InChI is InChI=1S/C19H26N6O6S/c1-20-32(28,29)31-17-7-13(6-16(17)26)23-19-14(8-21-11-22-19)18(27)15-2-4-25(24-15)9-12-3-5-30-10-12/h2,4,8,11-13,16-17,20,26H,3,5-7,9-10H2,1H3,(H,21,22,23)/t12-,13-,16+,17-/m1/s1. The van der Waals surface area contributed by atoms with Gasteiger partial charge in [-0.05, 0) is 25.3 Å². The molecule has 2 fully saturated rings. The van der Waals surface area contributed by atoms with E-state index in [2.05, 4.69) is 25.1 Å². The fraction of sp³-hybridized carbons (Fsp3) is 0.579. The molecule has 4 atom stereocenters. The number of aromatic nitrogens is 4. The molecule has 2 aromatic rings. The van der Waals surface area contributed by atoms with Crippen LogP contribution in [0.2, 0.25) is 0 Å². The van der Waals surface area contributed by atoms with Crippen LogP contribution < -0.4 is 10.0 Å². The molecule has 0 radical (unpaired) electrons. The highest BCUT2D eigenvalue weighted by Crippen LogP contribution is 2.28. The van der Waals surface area contributed by atoms with Crippen molar-refractivity contribution >= 4 is 21.9 Å². The first kappa shape index (κ1) is 22.7. The van der Waals surface area contributed by atoms with Crippen LogP contribution in [0, 0.1) is 5.92 Å². The molecule has 1 saturated heterocycles. The number of aliphatic hydroxyl groups excluding tert-OH is 1. The summed E-state index contributed by atoms with van der Waals surface area (Å²) in [6.45, 7) is 2.12. The lowest BCUT2D eigenvalue weighted by atomic mass is 10.1. The molecule has 1 saturated carbocycles. The van der Waals surface area contributed by atoms with Gasteiger partial charge in [0.05, 0.1) is 18.3 Å². The Morgan fingerprint density at radius 1 is 1.41 bits per heavy atom. The fourth-order valence-electron chi connectivity index (χ4n) is 3.93. The first-order valence-corrected chi connectivity index (χ1v) is 11.8. The first-order chi connectivity index (χ1) is 15.3. The molecule has 1 aliphatic heterocycles. The zero-order valence-corrected chi connectivity index (χ0v) is 18.4. The largest absolute Gasteiger partial charge is 0.390 e. The molecule has 13 heteroatoms. The number of ether oxygens (including phenoxy) is 1. The van der Waals surface area contributed by atoms with Crippen molar-refractivity contribution in [1.82, 2.24) is 24.5 Å². The van der Waals surface area contributed by atoms with Crippen LogP contribution in [0.1, 0.15) is 35.3 Å². The van der Waals surface area contributed by atoms with Crippen LogP contribution >= 0.6 is 0 Å². The van der Waals surface area contributed by atoms with E-state index in [0.717, 1.165) is 13.0 Å². The number of anilines is 1. The highest BCUT2D eigenvalue weighted by atomic mass is 32.2. The van der Waals surface area contributed by atoms with E-state index in [1.165, 1.54) is 19.6 Å². The van der Waals surface area contributed by atoms with Crippen LogP contribution in [0.5, 0.6) is 0 Å². The predicted molar refractivity (Wildman–Crippen MR) is 112 cm³/mol. The number of carbonyl (C=O) groups is 1. The molecular formula is C19H26N6O6S. The first-order valence-electron chi connectivity index (χ1n) is 10.4. The molecule has 0 aromatic carbocycles. The lowest BCUT2D eigenvalue weighted by molar-refractivity contribution is 0.0636. The van der Waals surface area contributed by atoms with E-state index in [4.69, 9.17) is 8.92 Å². The maximum Gasteiger partial charge on any atom is 0.335 e. The van der Waals surface area contributed by atoms with Gasteiger partial charge in [0, 0.05) is 44.6 Å². The van der Waals surface area contributed by atoms with Crippen molar-refractivity contribution in [2.75, 3.05) is 25.6 Å². The Balaban J connectivity index is 1.44. The minimum absolute atomic E-state index is 0.220. The van der Waals surface area contributed by atoms with Gasteiger partial charge in [0.15, 0.2) is 0 Å². The molecule has 0 amide bonds. The van der Waals surface area contributed by atoms with Gasteiger partial charge in [-0.2, -0.15) is 18.2 Å². The Bertz CT molecular complexity index is 1050. The van der Waals surface area contributed by atoms with Gasteiger partial charge in [-0.15, -0.1) is 0 Å². The molecule has 0 bridgehead atoms. The second-order valence-corrected chi connectivity index (χ2v) is 9.45. The van der Waals surface area contributed by atoms with E-state index in [9.17, 15) is 18.3 Å². The summed E-state index contributed by atoms with van der Waals surface area (Å²) in [6.07, 6.45) is 4.02. The van der Waals surface area contributed by atoms with Gasteiger partial charge in [0.1, 0.15) is 23.9 Å². The summed E-state index contributed by atoms with van der Waals surface area (Å²) in [4.78, 5) is 21.2. The van der Waals surface area contributed by atoms with Gasteiger partial charge in [0.25, 0.3) is 0 Å². The molecule has 12 nitrogen and oxygen atoms in total. The highest BCUT2D eigenvalue weighted by Gasteiger charge is 2.37. The smallest absolute Gasteiger partial charge is 0.335 e. The van der Waals surface area contributed by atoms with Crippen LogP contribution in [-0.2, 0) is 25.8 Å². The topological polar surface area (TPSA) is 158 Å². The molecule has 1 aliphatic carbocycles.